The Hall–Kier alpha value is -1.35. The molecule has 0 radical (unpaired) electrons. The molecule has 0 atom stereocenters. The number of amides is 1. The molecule has 3 N–H and O–H groups in total. The highest BCUT2D eigenvalue weighted by Crippen LogP contribution is 2.21. The van der Waals surface area contributed by atoms with E-state index in [0.717, 1.165) is 22.7 Å². The smallest absolute Gasteiger partial charge is 0.256 e. The van der Waals surface area contributed by atoms with E-state index in [9.17, 15) is 13.2 Å². The van der Waals surface area contributed by atoms with Crippen LogP contribution in [-0.2, 0) is 15.8 Å². The number of rotatable bonds is 5. The molecule has 0 saturated carbocycles. The van der Waals surface area contributed by atoms with E-state index in [2.05, 4.69) is 5.32 Å². The predicted molar refractivity (Wildman–Crippen MR) is 87.3 cm³/mol. The first kappa shape index (κ1) is 16.0. The number of benzene rings is 1. The lowest BCUT2D eigenvalue weighted by atomic mass is 10.2. The van der Waals surface area contributed by atoms with Crippen LogP contribution in [0.5, 0.6) is 0 Å². The van der Waals surface area contributed by atoms with Crippen molar-refractivity contribution in [1.82, 2.24) is 0 Å². The van der Waals surface area contributed by atoms with Gasteiger partial charge >= 0.3 is 0 Å². The van der Waals surface area contributed by atoms with Crippen LogP contribution in [0.4, 0.5) is 5.69 Å². The van der Waals surface area contributed by atoms with Gasteiger partial charge in [0.15, 0.2) is 0 Å². The second-order valence-electron chi connectivity index (χ2n) is 4.29. The average Bonchev–Trinajstić information content (AvgIpc) is 2.89. The zero-order chi connectivity index (χ0) is 15.5. The molecule has 8 heteroatoms. The van der Waals surface area contributed by atoms with E-state index in [1.807, 2.05) is 24.5 Å². The molecule has 1 amide bonds. The maximum Gasteiger partial charge on any atom is 0.256 e. The van der Waals surface area contributed by atoms with Gasteiger partial charge in [-0.05, 0) is 30.0 Å². The number of nitrogens with two attached hydrogens (primary N) is 1. The fourth-order valence-electron chi connectivity index (χ4n) is 1.69. The Bertz CT molecular complexity index is 754. The van der Waals surface area contributed by atoms with E-state index >= 15 is 0 Å². The molecule has 2 aromatic rings. The van der Waals surface area contributed by atoms with Crippen LogP contribution in [0.25, 0.3) is 0 Å². The summed E-state index contributed by atoms with van der Waals surface area (Å²) in [7, 11) is -3.77. The topological polar surface area (TPSA) is 89.3 Å². The van der Waals surface area contributed by atoms with Gasteiger partial charge in [-0.1, -0.05) is 12.1 Å². The van der Waals surface area contributed by atoms with Gasteiger partial charge in [-0.2, -0.15) is 11.8 Å². The van der Waals surface area contributed by atoms with Crippen LogP contribution in [0.3, 0.4) is 0 Å². The Morgan fingerprint density at radius 1 is 1.38 bits per heavy atom. The first-order chi connectivity index (χ1) is 9.90. The van der Waals surface area contributed by atoms with Gasteiger partial charge in [0.2, 0.25) is 10.0 Å². The lowest BCUT2D eigenvalue weighted by Gasteiger charge is -2.06. The minimum atomic E-state index is -3.77. The Morgan fingerprint density at radius 3 is 2.76 bits per heavy atom. The predicted octanol–water partition coefficient (Wildman–Crippen LogP) is 2.51. The summed E-state index contributed by atoms with van der Waals surface area (Å²) in [5.74, 6) is 0.500. The van der Waals surface area contributed by atoms with Crippen LogP contribution in [-0.4, -0.2) is 20.6 Å². The van der Waals surface area contributed by atoms with Crippen LogP contribution in [0.1, 0.15) is 15.9 Å². The van der Waals surface area contributed by atoms with E-state index in [-0.39, 0.29) is 15.7 Å². The third-order valence-electron chi connectivity index (χ3n) is 2.61. The van der Waals surface area contributed by atoms with Gasteiger partial charge in [0.25, 0.3) is 5.91 Å². The summed E-state index contributed by atoms with van der Waals surface area (Å²) in [6.07, 6.45) is 2.01. The molecule has 1 aromatic heterocycles. The van der Waals surface area contributed by atoms with Crippen molar-refractivity contribution in [1.29, 1.82) is 0 Å². The first-order valence-electron chi connectivity index (χ1n) is 5.90. The maximum atomic E-state index is 12.1. The quantitative estimate of drug-likeness (QED) is 0.874. The van der Waals surface area contributed by atoms with Gasteiger partial charge in [0.05, 0.1) is 5.56 Å². The number of carbonyl (C=O) groups is 1. The van der Waals surface area contributed by atoms with Crippen LogP contribution < -0.4 is 10.5 Å². The van der Waals surface area contributed by atoms with Gasteiger partial charge in [-0.3, -0.25) is 4.79 Å². The van der Waals surface area contributed by atoms with Crippen LogP contribution in [0.15, 0.2) is 39.9 Å². The molecule has 0 saturated heterocycles. The number of primary sulfonamides is 1. The summed E-state index contributed by atoms with van der Waals surface area (Å²) in [5, 5.41) is 9.24. The molecule has 112 valence electrons. The monoisotopic (exact) mass is 342 g/mol. The molecule has 0 unspecified atom stereocenters. The van der Waals surface area contributed by atoms with E-state index in [1.165, 1.54) is 11.4 Å². The first-order valence-corrected chi connectivity index (χ1v) is 9.72. The second-order valence-corrected chi connectivity index (χ2v) is 7.85. The standard InChI is InChI=1S/C13H14N2O3S3/c1-19-7-9-3-2-4-11(5-9)15-13(16)10-6-12(20-8-10)21(14,17)18/h2-6,8H,7H2,1H3,(H,15,16)(H2,14,17,18). The molecule has 0 fully saturated rings. The van der Waals surface area contributed by atoms with Crippen LogP contribution in [0, 0.1) is 0 Å². The van der Waals surface area contributed by atoms with Crippen molar-refractivity contribution in [3.05, 3.63) is 46.8 Å². The van der Waals surface area contributed by atoms with Gasteiger partial charge in [-0.15, -0.1) is 11.3 Å². The third kappa shape index (κ3) is 4.31. The minimum Gasteiger partial charge on any atom is -0.322 e. The van der Waals surface area contributed by atoms with Crippen LogP contribution >= 0.6 is 23.1 Å². The molecule has 0 aliphatic heterocycles. The lowest BCUT2D eigenvalue weighted by molar-refractivity contribution is 0.102. The SMILES string of the molecule is CSCc1cccc(NC(=O)c2csc(S(N)(=O)=O)c2)c1. The summed E-state index contributed by atoms with van der Waals surface area (Å²) in [4.78, 5) is 12.1. The number of sulfonamides is 1. The van der Waals surface area contributed by atoms with Gasteiger partial charge in [0.1, 0.15) is 4.21 Å². The fourth-order valence-corrected chi connectivity index (χ4v) is 3.79. The van der Waals surface area contributed by atoms with Crippen molar-refractivity contribution in [3.63, 3.8) is 0 Å². The van der Waals surface area contributed by atoms with Crippen molar-refractivity contribution in [3.8, 4) is 0 Å². The molecule has 5 nitrogen and oxygen atoms in total. The number of hydrogen-bond acceptors (Lipinski definition) is 5. The molecule has 2 rings (SSSR count). The molecular weight excluding hydrogens is 328 g/mol. The van der Waals surface area contributed by atoms with Crippen molar-refractivity contribution in [2.75, 3.05) is 11.6 Å². The van der Waals surface area contributed by atoms with Crippen molar-refractivity contribution < 1.29 is 13.2 Å². The molecule has 1 heterocycles. The molecular formula is C13H14N2O3S3. The average molecular weight is 342 g/mol. The molecule has 0 spiro atoms. The number of anilines is 1. The molecule has 0 bridgehead atoms. The summed E-state index contributed by atoms with van der Waals surface area (Å²) in [6.45, 7) is 0. The highest BCUT2D eigenvalue weighted by Gasteiger charge is 2.15. The summed E-state index contributed by atoms with van der Waals surface area (Å²) < 4.78 is 22.4. The molecule has 0 aliphatic carbocycles. The third-order valence-corrected chi connectivity index (χ3v) is 5.62. The summed E-state index contributed by atoms with van der Waals surface area (Å²) in [5.41, 5.74) is 2.06. The van der Waals surface area contributed by atoms with E-state index < -0.39 is 10.0 Å². The number of thioether (sulfide) groups is 1. The Kier molecular flexibility index (Phi) is 5.04. The highest BCUT2D eigenvalue weighted by molar-refractivity contribution is 7.97. The van der Waals surface area contributed by atoms with E-state index in [4.69, 9.17) is 5.14 Å². The lowest BCUT2D eigenvalue weighted by Crippen LogP contribution is -2.12. The molecule has 1 aromatic carbocycles. The number of nitrogens with one attached hydrogen (secondary N) is 1. The largest absolute Gasteiger partial charge is 0.322 e. The number of hydrogen-bond donors (Lipinski definition) is 2. The van der Waals surface area contributed by atoms with Crippen molar-refractivity contribution in [2.45, 2.75) is 9.96 Å². The fraction of sp³-hybridized carbons (Fsp3) is 0.154. The van der Waals surface area contributed by atoms with Gasteiger partial charge in [0, 0.05) is 16.8 Å². The second kappa shape index (κ2) is 6.61. The Balaban J connectivity index is 2.14. The molecule has 0 aliphatic rings. The highest BCUT2D eigenvalue weighted by atomic mass is 32.2. The van der Waals surface area contributed by atoms with Gasteiger partial charge < -0.3 is 5.32 Å². The summed E-state index contributed by atoms with van der Waals surface area (Å²) in [6, 6.07) is 8.80. The zero-order valence-corrected chi connectivity index (χ0v) is 13.6. The normalized spacial score (nSPS) is 11.3. The Labute approximate surface area is 131 Å². The van der Waals surface area contributed by atoms with Crippen LogP contribution in [0.2, 0.25) is 0 Å². The minimum absolute atomic E-state index is 0.0243. The van der Waals surface area contributed by atoms with E-state index in [0.29, 0.717) is 5.69 Å². The molecule has 21 heavy (non-hydrogen) atoms. The van der Waals surface area contributed by atoms with E-state index in [1.54, 1.807) is 17.8 Å². The Morgan fingerprint density at radius 2 is 2.14 bits per heavy atom. The number of thiophene rings is 1. The van der Waals surface area contributed by atoms with Crippen molar-refractivity contribution in [2.24, 2.45) is 5.14 Å². The van der Waals surface area contributed by atoms with Gasteiger partial charge in [-0.25, -0.2) is 13.6 Å². The number of carbonyl (C=O) groups excluding carboxylic acids is 1. The summed E-state index contributed by atoms with van der Waals surface area (Å²) >= 11 is 2.62. The van der Waals surface area contributed by atoms with Crippen molar-refractivity contribution >= 4 is 44.7 Å². The maximum absolute atomic E-state index is 12.1. The zero-order valence-electron chi connectivity index (χ0n) is 11.2.